The predicted molar refractivity (Wildman–Crippen MR) is 105 cm³/mol. The second-order valence-corrected chi connectivity index (χ2v) is 8.98. The van der Waals surface area contributed by atoms with Gasteiger partial charge in [-0.3, -0.25) is 4.79 Å². The molecule has 1 heterocycles. The van der Waals surface area contributed by atoms with Gasteiger partial charge in [0.1, 0.15) is 11.3 Å². The molecule has 0 spiro atoms. The highest BCUT2D eigenvalue weighted by molar-refractivity contribution is 6.09. The minimum Gasteiger partial charge on any atom is -0.493 e. The van der Waals surface area contributed by atoms with Crippen LogP contribution in [-0.4, -0.2) is 20.1 Å². The molecular formula is C22H29NO4. The van der Waals surface area contributed by atoms with E-state index in [-0.39, 0.29) is 16.4 Å². The molecule has 0 unspecified atom stereocenters. The molecule has 2 aliphatic carbocycles. The molecule has 27 heavy (non-hydrogen) atoms. The Kier molecular flexibility index (Phi) is 3.99. The summed E-state index contributed by atoms with van der Waals surface area (Å²) in [5.74, 6) is 1.86. The number of nitrogens with two attached hydrogens (primary N) is 1. The van der Waals surface area contributed by atoms with Crippen LogP contribution in [0.1, 0.15) is 68.1 Å². The minimum absolute atomic E-state index is 0.0229. The summed E-state index contributed by atoms with van der Waals surface area (Å²) in [5, 5.41) is 0.946. The molecule has 1 aromatic heterocycles. The predicted octanol–water partition coefficient (Wildman–Crippen LogP) is 4.58. The number of carbonyl (C=O) groups is 1. The molecule has 1 amide bonds. The van der Waals surface area contributed by atoms with Gasteiger partial charge in [0.25, 0.3) is 5.91 Å². The van der Waals surface area contributed by atoms with Crippen molar-refractivity contribution in [2.45, 2.75) is 58.3 Å². The number of fused-ring (bicyclic) bond motifs is 5. The van der Waals surface area contributed by atoms with E-state index in [4.69, 9.17) is 19.6 Å². The number of rotatable bonds is 3. The number of furan rings is 1. The van der Waals surface area contributed by atoms with Gasteiger partial charge in [-0.1, -0.05) is 27.2 Å². The van der Waals surface area contributed by atoms with Crippen molar-refractivity contribution >= 4 is 16.9 Å². The molecule has 4 rings (SSSR count). The molecule has 146 valence electrons. The SMILES string of the molecule is COc1cc2c3c(oc2c(C(N)=O)c1OC)CC[C@H]1C(C)(C)CCC[C@]31C. The highest BCUT2D eigenvalue weighted by Gasteiger charge is 2.52. The molecule has 0 saturated heterocycles. The van der Waals surface area contributed by atoms with E-state index in [1.54, 1.807) is 7.11 Å². The molecule has 2 atom stereocenters. The molecule has 2 aromatic rings. The number of hydrogen-bond donors (Lipinski definition) is 1. The summed E-state index contributed by atoms with van der Waals surface area (Å²) < 4.78 is 17.2. The fraction of sp³-hybridized carbons (Fsp3) is 0.591. The zero-order chi connectivity index (χ0) is 19.6. The Morgan fingerprint density at radius 3 is 2.59 bits per heavy atom. The van der Waals surface area contributed by atoms with Crippen LogP contribution in [0.2, 0.25) is 0 Å². The lowest BCUT2D eigenvalue weighted by atomic mass is 9.51. The first kappa shape index (κ1) is 18.2. The highest BCUT2D eigenvalue weighted by Crippen LogP contribution is 2.59. The number of methoxy groups -OCH3 is 2. The van der Waals surface area contributed by atoms with Gasteiger partial charge in [0, 0.05) is 17.4 Å². The van der Waals surface area contributed by atoms with E-state index < -0.39 is 5.91 Å². The summed E-state index contributed by atoms with van der Waals surface area (Å²) in [7, 11) is 3.09. The first-order valence-corrected chi connectivity index (χ1v) is 9.75. The third-order valence-electron chi connectivity index (χ3n) is 7.10. The lowest BCUT2D eigenvalue weighted by molar-refractivity contribution is 0.0387. The summed E-state index contributed by atoms with van der Waals surface area (Å²) in [5.41, 5.74) is 8.08. The Hall–Kier alpha value is -2.17. The lowest BCUT2D eigenvalue weighted by Crippen LogP contribution is -2.47. The molecule has 1 fully saturated rings. The Balaban J connectivity index is 2.05. The largest absolute Gasteiger partial charge is 0.493 e. The summed E-state index contributed by atoms with van der Waals surface area (Å²) in [6, 6.07) is 1.96. The van der Waals surface area contributed by atoms with Crippen LogP contribution in [0, 0.1) is 11.3 Å². The van der Waals surface area contributed by atoms with Gasteiger partial charge in [-0.25, -0.2) is 0 Å². The topological polar surface area (TPSA) is 74.7 Å². The van der Waals surface area contributed by atoms with E-state index >= 15 is 0 Å². The van der Waals surface area contributed by atoms with Crippen molar-refractivity contribution in [3.8, 4) is 11.5 Å². The molecule has 1 saturated carbocycles. The third-order valence-corrected chi connectivity index (χ3v) is 7.10. The number of benzene rings is 1. The van der Waals surface area contributed by atoms with Crippen LogP contribution >= 0.6 is 0 Å². The smallest absolute Gasteiger partial charge is 0.256 e. The van der Waals surface area contributed by atoms with E-state index in [2.05, 4.69) is 20.8 Å². The number of hydrogen-bond acceptors (Lipinski definition) is 4. The van der Waals surface area contributed by atoms with Gasteiger partial charge in [0.15, 0.2) is 17.1 Å². The Morgan fingerprint density at radius 2 is 1.96 bits per heavy atom. The number of amides is 1. The first-order chi connectivity index (χ1) is 12.7. The van der Waals surface area contributed by atoms with E-state index in [0.29, 0.717) is 23.0 Å². The number of ether oxygens (including phenoxy) is 2. The van der Waals surface area contributed by atoms with Gasteiger partial charge >= 0.3 is 0 Å². The van der Waals surface area contributed by atoms with Crippen LogP contribution in [0.15, 0.2) is 10.5 Å². The van der Waals surface area contributed by atoms with Gasteiger partial charge < -0.3 is 19.6 Å². The second kappa shape index (κ2) is 5.91. The standard InChI is InChI=1S/C22H29NO4/c1-21(2)9-6-10-22(3)15(21)8-7-13-17(22)12-11-14(25-4)19(26-5)16(20(23)24)18(12)27-13/h11,15H,6-10H2,1-5H3,(H2,23,24)/t15-,22-/m0/s1. The van der Waals surface area contributed by atoms with Gasteiger partial charge in [-0.15, -0.1) is 0 Å². The van der Waals surface area contributed by atoms with E-state index in [9.17, 15) is 4.79 Å². The molecule has 0 radical (unpaired) electrons. The van der Waals surface area contributed by atoms with Crippen molar-refractivity contribution in [3.63, 3.8) is 0 Å². The molecule has 0 aliphatic heterocycles. The maximum atomic E-state index is 12.3. The van der Waals surface area contributed by atoms with Crippen molar-refractivity contribution in [3.05, 3.63) is 23.0 Å². The van der Waals surface area contributed by atoms with Crippen molar-refractivity contribution < 1.29 is 18.7 Å². The van der Waals surface area contributed by atoms with Crippen molar-refractivity contribution in [1.29, 1.82) is 0 Å². The summed E-state index contributed by atoms with van der Waals surface area (Å²) in [4.78, 5) is 12.3. The average Bonchev–Trinajstić information content (AvgIpc) is 2.98. The van der Waals surface area contributed by atoms with E-state index in [0.717, 1.165) is 30.4 Å². The molecule has 0 bridgehead atoms. The zero-order valence-corrected chi connectivity index (χ0v) is 16.9. The second-order valence-electron chi connectivity index (χ2n) is 8.98. The van der Waals surface area contributed by atoms with Gasteiger partial charge in [0.2, 0.25) is 0 Å². The fourth-order valence-electron chi connectivity index (χ4n) is 6.03. The summed E-state index contributed by atoms with van der Waals surface area (Å²) in [6.07, 6.45) is 5.57. The maximum absolute atomic E-state index is 12.3. The quantitative estimate of drug-likeness (QED) is 0.857. The Bertz CT molecular complexity index is 926. The van der Waals surface area contributed by atoms with Gasteiger partial charge in [-0.05, 0) is 42.1 Å². The molecule has 1 aromatic carbocycles. The Labute approximate surface area is 160 Å². The van der Waals surface area contributed by atoms with Crippen LogP contribution in [0.3, 0.4) is 0 Å². The van der Waals surface area contributed by atoms with Crippen LogP contribution in [-0.2, 0) is 11.8 Å². The molecule has 2 N–H and O–H groups in total. The molecular weight excluding hydrogens is 342 g/mol. The monoisotopic (exact) mass is 371 g/mol. The molecule has 5 heteroatoms. The zero-order valence-electron chi connectivity index (χ0n) is 16.9. The minimum atomic E-state index is -0.562. The van der Waals surface area contributed by atoms with Crippen molar-refractivity contribution in [2.24, 2.45) is 17.1 Å². The van der Waals surface area contributed by atoms with Crippen molar-refractivity contribution in [2.75, 3.05) is 14.2 Å². The lowest BCUT2D eigenvalue weighted by Gasteiger charge is -2.53. The number of carbonyl (C=O) groups excluding carboxylic acids is 1. The fourth-order valence-corrected chi connectivity index (χ4v) is 6.03. The van der Waals surface area contributed by atoms with Gasteiger partial charge in [-0.2, -0.15) is 0 Å². The average molecular weight is 371 g/mol. The third kappa shape index (κ3) is 2.40. The highest BCUT2D eigenvalue weighted by atomic mass is 16.5. The molecule has 2 aliphatic rings. The number of aryl methyl sites for hydroxylation is 1. The van der Waals surface area contributed by atoms with Gasteiger partial charge in [0.05, 0.1) is 14.2 Å². The first-order valence-electron chi connectivity index (χ1n) is 9.75. The van der Waals surface area contributed by atoms with Crippen LogP contribution in [0.5, 0.6) is 11.5 Å². The molecule has 5 nitrogen and oxygen atoms in total. The van der Waals surface area contributed by atoms with E-state index in [1.807, 2.05) is 6.07 Å². The Morgan fingerprint density at radius 1 is 1.22 bits per heavy atom. The normalized spacial score (nSPS) is 26.3. The number of primary amides is 1. The summed E-state index contributed by atoms with van der Waals surface area (Å²) >= 11 is 0. The summed E-state index contributed by atoms with van der Waals surface area (Å²) in [6.45, 7) is 7.15. The van der Waals surface area contributed by atoms with Crippen LogP contribution in [0.4, 0.5) is 0 Å². The van der Waals surface area contributed by atoms with Crippen LogP contribution < -0.4 is 15.2 Å². The van der Waals surface area contributed by atoms with Crippen LogP contribution in [0.25, 0.3) is 11.0 Å². The maximum Gasteiger partial charge on any atom is 0.256 e. The van der Waals surface area contributed by atoms with Crippen molar-refractivity contribution in [1.82, 2.24) is 0 Å². The van der Waals surface area contributed by atoms with E-state index in [1.165, 1.54) is 25.5 Å².